The lowest BCUT2D eigenvalue weighted by molar-refractivity contribution is -0.130. The summed E-state index contributed by atoms with van der Waals surface area (Å²) in [5, 5.41) is 2.82. The van der Waals surface area contributed by atoms with E-state index in [1.54, 1.807) is 24.3 Å². The number of hydrogen-bond acceptors (Lipinski definition) is 6. The van der Waals surface area contributed by atoms with Crippen molar-refractivity contribution in [2.45, 2.75) is 13.5 Å². The standard InChI is InChI=1S/C27H24N2O5/c1-2-32-24-16-20(15-22-27(31)34-26(29-22)21-11-7-4-8-12-21)13-14-23(24)33-18-25(30)28-17-19-9-5-3-6-10-19/h3-16H,2,17-18H2,1H3,(H,28,30). The van der Waals surface area contributed by atoms with Gasteiger partial charge in [-0.15, -0.1) is 0 Å². The van der Waals surface area contributed by atoms with Crippen LogP contribution in [0.1, 0.15) is 23.6 Å². The number of carbonyl (C=O) groups excluding carboxylic acids is 2. The van der Waals surface area contributed by atoms with Crippen molar-refractivity contribution in [3.05, 3.63) is 101 Å². The minimum absolute atomic E-state index is 0.148. The Morgan fingerprint density at radius 1 is 0.971 bits per heavy atom. The molecular formula is C27H24N2O5. The molecule has 34 heavy (non-hydrogen) atoms. The third-order valence-electron chi connectivity index (χ3n) is 4.90. The molecule has 1 heterocycles. The average Bonchev–Trinajstić information content (AvgIpc) is 3.23. The summed E-state index contributed by atoms with van der Waals surface area (Å²) in [7, 11) is 0. The molecule has 3 aromatic carbocycles. The molecule has 0 atom stereocenters. The third kappa shape index (κ3) is 5.89. The van der Waals surface area contributed by atoms with Gasteiger partial charge in [0.25, 0.3) is 5.91 Å². The lowest BCUT2D eigenvalue weighted by Gasteiger charge is -2.13. The van der Waals surface area contributed by atoms with Gasteiger partial charge in [-0.3, -0.25) is 4.79 Å². The summed E-state index contributed by atoms with van der Waals surface area (Å²) in [6.45, 7) is 2.54. The van der Waals surface area contributed by atoms with Crippen molar-refractivity contribution >= 4 is 23.9 Å². The minimum atomic E-state index is -0.521. The topological polar surface area (TPSA) is 86.2 Å². The van der Waals surface area contributed by atoms with Crippen molar-refractivity contribution in [3.8, 4) is 11.5 Å². The van der Waals surface area contributed by atoms with Gasteiger partial charge in [0, 0.05) is 12.1 Å². The Balaban J connectivity index is 1.43. The van der Waals surface area contributed by atoms with Gasteiger partial charge in [-0.05, 0) is 48.4 Å². The fraction of sp³-hybridized carbons (Fsp3) is 0.148. The second-order valence-electron chi connectivity index (χ2n) is 7.39. The highest BCUT2D eigenvalue weighted by Gasteiger charge is 2.24. The molecule has 3 aromatic rings. The average molecular weight is 456 g/mol. The molecule has 4 rings (SSSR count). The molecule has 172 valence electrons. The fourth-order valence-electron chi connectivity index (χ4n) is 3.26. The molecule has 0 fully saturated rings. The molecule has 1 aliphatic rings. The van der Waals surface area contributed by atoms with Gasteiger partial charge in [0.2, 0.25) is 5.90 Å². The van der Waals surface area contributed by atoms with Crippen LogP contribution >= 0.6 is 0 Å². The number of cyclic esters (lactones) is 1. The van der Waals surface area contributed by atoms with Gasteiger partial charge < -0.3 is 19.5 Å². The van der Waals surface area contributed by atoms with Gasteiger partial charge in [0.05, 0.1) is 6.61 Å². The van der Waals surface area contributed by atoms with Crippen LogP contribution in [0.5, 0.6) is 11.5 Å². The second kappa shape index (κ2) is 11.0. The summed E-state index contributed by atoms with van der Waals surface area (Å²) < 4.78 is 16.7. The van der Waals surface area contributed by atoms with E-state index >= 15 is 0 Å². The molecule has 0 saturated heterocycles. The van der Waals surface area contributed by atoms with E-state index in [0.29, 0.717) is 30.2 Å². The molecule has 0 aliphatic carbocycles. The van der Waals surface area contributed by atoms with E-state index in [2.05, 4.69) is 10.3 Å². The first kappa shape index (κ1) is 22.8. The molecule has 7 nitrogen and oxygen atoms in total. The van der Waals surface area contributed by atoms with Gasteiger partial charge in [-0.1, -0.05) is 54.6 Å². The lowest BCUT2D eigenvalue weighted by Crippen LogP contribution is -2.28. The maximum Gasteiger partial charge on any atom is 0.363 e. The predicted octanol–water partition coefficient (Wildman–Crippen LogP) is 4.13. The van der Waals surface area contributed by atoms with E-state index in [-0.39, 0.29) is 24.1 Å². The number of carbonyl (C=O) groups is 2. The highest BCUT2D eigenvalue weighted by Crippen LogP contribution is 2.30. The third-order valence-corrected chi connectivity index (χ3v) is 4.90. The number of hydrogen-bond donors (Lipinski definition) is 1. The van der Waals surface area contributed by atoms with Crippen molar-refractivity contribution in [3.63, 3.8) is 0 Å². The molecule has 1 N–H and O–H groups in total. The Kier molecular flexibility index (Phi) is 7.35. The Hall–Kier alpha value is -4.39. The van der Waals surface area contributed by atoms with Crippen LogP contribution in [0.15, 0.2) is 89.6 Å². The zero-order valence-corrected chi connectivity index (χ0v) is 18.7. The number of ether oxygens (including phenoxy) is 3. The van der Waals surface area contributed by atoms with E-state index in [9.17, 15) is 9.59 Å². The number of aliphatic imine (C=N–C) groups is 1. The quantitative estimate of drug-likeness (QED) is 0.387. The monoisotopic (exact) mass is 456 g/mol. The molecule has 7 heteroatoms. The SMILES string of the molecule is CCOc1cc(C=C2N=C(c3ccccc3)OC2=O)ccc1OCC(=O)NCc1ccccc1. The van der Waals surface area contributed by atoms with Crippen molar-refractivity contribution in [1.82, 2.24) is 5.32 Å². The first-order valence-electron chi connectivity index (χ1n) is 10.9. The molecule has 0 radical (unpaired) electrons. The molecule has 0 bridgehead atoms. The first-order chi connectivity index (χ1) is 16.6. The summed E-state index contributed by atoms with van der Waals surface area (Å²) in [6.07, 6.45) is 1.62. The van der Waals surface area contributed by atoms with Crippen LogP contribution in [0, 0.1) is 0 Å². The molecule has 1 aliphatic heterocycles. The number of benzene rings is 3. The van der Waals surface area contributed by atoms with Crippen molar-refractivity contribution in [2.24, 2.45) is 4.99 Å². The second-order valence-corrected chi connectivity index (χ2v) is 7.39. The smallest absolute Gasteiger partial charge is 0.363 e. The maximum atomic E-state index is 12.3. The van der Waals surface area contributed by atoms with Crippen LogP contribution in [-0.2, 0) is 20.9 Å². The summed E-state index contributed by atoms with van der Waals surface area (Å²) >= 11 is 0. The van der Waals surface area contributed by atoms with Crippen LogP contribution < -0.4 is 14.8 Å². The number of amides is 1. The molecule has 1 amide bonds. The van der Waals surface area contributed by atoms with E-state index < -0.39 is 5.97 Å². The zero-order chi connectivity index (χ0) is 23.8. The van der Waals surface area contributed by atoms with Crippen LogP contribution in [0.2, 0.25) is 0 Å². The number of esters is 1. The first-order valence-corrected chi connectivity index (χ1v) is 10.9. The van der Waals surface area contributed by atoms with Crippen LogP contribution in [0.25, 0.3) is 6.08 Å². The summed E-state index contributed by atoms with van der Waals surface area (Å²) in [4.78, 5) is 28.8. The van der Waals surface area contributed by atoms with E-state index in [0.717, 1.165) is 11.1 Å². The normalized spacial score (nSPS) is 13.9. The lowest BCUT2D eigenvalue weighted by atomic mass is 10.1. The van der Waals surface area contributed by atoms with Gasteiger partial charge in [-0.25, -0.2) is 9.79 Å². The Morgan fingerprint density at radius 3 is 2.44 bits per heavy atom. The fourth-order valence-corrected chi connectivity index (χ4v) is 3.26. The summed E-state index contributed by atoms with van der Waals surface area (Å²) in [5.74, 6) is 0.400. The predicted molar refractivity (Wildman–Crippen MR) is 128 cm³/mol. The molecule has 0 saturated carbocycles. The van der Waals surface area contributed by atoms with Crippen LogP contribution in [0.4, 0.5) is 0 Å². The van der Waals surface area contributed by atoms with Gasteiger partial charge in [-0.2, -0.15) is 0 Å². The van der Waals surface area contributed by atoms with Gasteiger partial charge >= 0.3 is 5.97 Å². The summed E-state index contributed by atoms with van der Waals surface area (Å²) in [5.41, 5.74) is 2.61. The molecule has 0 aromatic heterocycles. The molecule has 0 unspecified atom stereocenters. The highest BCUT2D eigenvalue weighted by atomic mass is 16.6. The van der Waals surface area contributed by atoms with E-state index in [1.807, 2.05) is 67.6 Å². The summed E-state index contributed by atoms with van der Waals surface area (Å²) in [6, 6.07) is 24.1. The minimum Gasteiger partial charge on any atom is -0.490 e. The number of rotatable bonds is 9. The Labute approximate surface area is 197 Å². The molecular weight excluding hydrogens is 432 g/mol. The number of nitrogens with zero attached hydrogens (tertiary/aromatic N) is 1. The van der Waals surface area contributed by atoms with Crippen molar-refractivity contribution in [2.75, 3.05) is 13.2 Å². The Bertz CT molecular complexity index is 1220. The van der Waals surface area contributed by atoms with Crippen molar-refractivity contribution in [1.29, 1.82) is 0 Å². The van der Waals surface area contributed by atoms with Crippen molar-refractivity contribution < 1.29 is 23.8 Å². The van der Waals surface area contributed by atoms with E-state index in [4.69, 9.17) is 14.2 Å². The maximum absolute atomic E-state index is 12.3. The zero-order valence-electron chi connectivity index (χ0n) is 18.7. The number of nitrogens with one attached hydrogen (secondary N) is 1. The highest BCUT2D eigenvalue weighted by molar-refractivity contribution is 6.12. The van der Waals surface area contributed by atoms with Gasteiger partial charge in [0.15, 0.2) is 23.8 Å². The van der Waals surface area contributed by atoms with Crippen LogP contribution in [-0.4, -0.2) is 31.0 Å². The Morgan fingerprint density at radius 2 is 1.71 bits per heavy atom. The largest absolute Gasteiger partial charge is 0.490 e. The van der Waals surface area contributed by atoms with E-state index in [1.165, 1.54) is 0 Å². The molecule has 0 spiro atoms. The van der Waals surface area contributed by atoms with Gasteiger partial charge in [0.1, 0.15) is 0 Å². The van der Waals surface area contributed by atoms with Crippen LogP contribution in [0.3, 0.4) is 0 Å².